The minimum Gasteiger partial charge on any atom is -0.393 e. The number of allylic oxidation sites excluding steroid dienone is 2. The summed E-state index contributed by atoms with van der Waals surface area (Å²) in [5.41, 5.74) is 5.39. The van der Waals surface area contributed by atoms with Crippen molar-refractivity contribution in [2.75, 3.05) is 18.4 Å². The van der Waals surface area contributed by atoms with E-state index in [0.717, 1.165) is 53.1 Å². The van der Waals surface area contributed by atoms with Gasteiger partial charge in [0.2, 0.25) is 0 Å². The van der Waals surface area contributed by atoms with Crippen molar-refractivity contribution in [2.24, 2.45) is 28.6 Å². The maximum atomic E-state index is 15.1. The number of benzene rings is 4. The Balaban J connectivity index is 1.19. The number of para-hydroxylation sites is 1. The molecule has 6 nitrogen and oxygen atoms in total. The van der Waals surface area contributed by atoms with E-state index in [9.17, 15) is 15.0 Å². The third kappa shape index (κ3) is 7.71. The van der Waals surface area contributed by atoms with Crippen LogP contribution in [0.25, 0.3) is 11.1 Å². The van der Waals surface area contributed by atoms with E-state index < -0.39 is 17.1 Å². The molecule has 7 atom stereocenters. The summed E-state index contributed by atoms with van der Waals surface area (Å²) in [5, 5.41) is 27.7. The summed E-state index contributed by atoms with van der Waals surface area (Å²) >= 11 is 0. The molecule has 0 aromatic heterocycles. The average Bonchev–Trinajstić information content (AvgIpc) is 3.48. The number of hydrogen-bond acceptors (Lipinski definition) is 4. The number of aliphatic hydroxyl groups is 2. The molecule has 6 heteroatoms. The summed E-state index contributed by atoms with van der Waals surface area (Å²) in [6.07, 6.45) is 9.81. The predicted molar refractivity (Wildman–Crippen MR) is 234 cm³/mol. The number of hydrogen-bond donors (Lipinski definition) is 3. The fourth-order valence-electron chi connectivity index (χ4n) is 11.6. The largest absolute Gasteiger partial charge is 0.393 e. The molecular formula is C52H62N2O4. The van der Waals surface area contributed by atoms with E-state index in [4.69, 9.17) is 0 Å². The molecule has 0 radical (unpaired) electrons. The van der Waals surface area contributed by atoms with Crippen molar-refractivity contribution in [2.45, 2.75) is 110 Å². The summed E-state index contributed by atoms with van der Waals surface area (Å²) in [4.78, 5) is 31.5. The van der Waals surface area contributed by atoms with E-state index in [1.165, 1.54) is 18.4 Å². The smallest absolute Gasteiger partial charge is 0.321 e. The van der Waals surface area contributed by atoms with Crippen molar-refractivity contribution in [1.29, 1.82) is 0 Å². The Bertz CT molecular complexity index is 2140. The maximum absolute atomic E-state index is 15.1. The van der Waals surface area contributed by atoms with Crippen molar-refractivity contribution in [3.63, 3.8) is 0 Å². The maximum Gasteiger partial charge on any atom is 0.321 e. The van der Waals surface area contributed by atoms with Crippen LogP contribution in [0.4, 0.5) is 10.5 Å². The van der Waals surface area contributed by atoms with Crippen molar-refractivity contribution in [3.8, 4) is 11.1 Å². The number of carbonyl (C=O) groups excluding carboxylic acids is 2. The number of rotatable bonds is 8. The summed E-state index contributed by atoms with van der Waals surface area (Å²) < 4.78 is 0. The average molecular weight is 779 g/mol. The van der Waals surface area contributed by atoms with Crippen molar-refractivity contribution in [3.05, 3.63) is 137 Å². The lowest BCUT2D eigenvalue weighted by Gasteiger charge is -2.60. The Hall–Kier alpha value is -4.52. The van der Waals surface area contributed by atoms with Crippen molar-refractivity contribution in [1.82, 2.24) is 4.90 Å². The number of ketones is 1. The molecule has 0 aliphatic heterocycles. The highest BCUT2D eigenvalue weighted by Crippen LogP contribution is 2.62. The molecule has 7 unspecified atom stereocenters. The quantitative estimate of drug-likeness (QED) is 0.123. The highest BCUT2D eigenvalue weighted by atomic mass is 16.3. The van der Waals surface area contributed by atoms with E-state index in [0.29, 0.717) is 61.6 Å². The fraction of sp³-hybridized carbons (Fsp3) is 0.462. The topological polar surface area (TPSA) is 89.9 Å². The van der Waals surface area contributed by atoms with Gasteiger partial charge in [0.25, 0.3) is 0 Å². The van der Waals surface area contributed by atoms with E-state index in [-0.39, 0.29) is 29.7 Å². The Kier molecular flexibility index (Phi) is 11.3. The van der Waals surface area contributed by atoms with Gasteiger partial charge in [-0.2, -0.15) is 0 Å². The molecule has 4 aromatic carbocycles. The molecule has 4 bridgehead atoms. The first-order valence-corrected chi connectivity index (χ1v) is 21.9. The second-order valence-electron chi connectivity index (χ2n) is 19.1. The van der Waals surface area contributed by atoms with Crippen molar-refractivity contribution >= 4 is 17.5 Å². The number of carbonyl (C=O) groups is 2. The lowest BCUT2D eigenvalue weighted by Crippen LogP contribution is -2.58. The normalized spacial score (nSPS) is 29.0. The van der Waals surface area contributed by atoms with Gasteiger partial charge < -0.3 is 20.4 Å². The van der Waals surface area contributed by atoms with Gasteiger partial charge in [-0.15, -0.1) is 0 Å². The molecule has 4 aromatic rings. The minimum atomic E-state index is -1.21. The van der Waals surface area contributed by atoms with Gasteiger partial charge in [-0.05, 0) is 141 Å². The molecular weight excluding hydrogens is 717 g/mol. The number of nitrogens with zero attached hydrogens (tertiary/aromatic N) is 1. The monoisotopic (exact) mass is 778 g/mol. The number of anilines is 1. The molecule has 0 heterocycles. The Morgan fingerprint density at radius 1 is 0.828 bits per heavy atom. The second-order valence-corrected chi connectivity index (χ2v) is 19.1. The first-order valence-electron chi connectivity index (χ1n) is 21.9. The predicted octanol–water partition coefficient (Wildman–Crippen LogP) is 11.2. The molecule has 3 N–H and O–H groups in total. The molecule has 6 aliphatic carbocycles. The number of nitrogens with one attached hydrogen (secondary N) is 1. The first kappa shape index (κ1) is 40.3. The number of urea groups is 1. The summed E-state index contributed by atoms with van der Waals surface area (Å²) in [5.74, 6) is 1.50. The van der Waals surface area contributed by atoms with Crippen LogP contribution in [0, 0.1) is 28.6 Å². The zero-order valence-corrected chi connectivity index (χ0v) is 34.9. The number of fused-ring (bicyclic) bond motifs is 10. The fourth-order valence-corrected chi connectivity index (χ4v) is 11.6. The van der Waals surface area contributed by atoms with Crippen LogP contribution < -0.4 is 5.32 Å². The molecule has 4 saturated carbocycles. The Labute approximate surface area is 345 Å². The van der Waals surface area contributed by atoms with Gasteiger partial charge in [-0.25, -0.2) is 4.79 Å². The third-order valence-electron chi connectivity index (χ3n) is 15.4. The van der Waals surface area contributed by atoms with Gasteiger partial charge in [-0.1, -0.05) is 117 Å². The second kappa shape index (κ2) is 16.3. The van der Waals surface area contributed by atoms with E-state index in [1.54, 1.807) is 0 Å². The van der Waals surface area contributed by atoms with Gasteiger partial charge in [0.05, 0.1) is 18.2 Å². The standard InChI is InChI=1S/C52H62N2O4/c1-35-14-13-28-51(4)46(27-29-52(51,58)34-54(49(57)53-40-17-9-6-10-18-40)33-38-23-24-39-32-47(38)50(39,2)3)43-26-22-36(30-41(55)25-21-35)31-45(43)48(56)44-20-12-11-19-42(44)37-15-7-5-8-16-37/h5-12,14-20,22,26,31,38-39,41,46-47,55,58H,13,21,23-25,27-30,32-34H2,1-4H3,(H,53,57). The van der Waals surface area contributed by atoms with Crippen LogP contribution in [0.3, 0.4) is 0 Å². The minimum absolute atomic E-state index is 0.0472. The van der Waals surface area contributed by atoms with Crippen LogP contribution in [0.2, 0.25) is 0 Å². The molecule has 4 fully saturated rings. The summed E-state index contributed by atoms with van der Waals surface area (Å²) in [7, 11) is 0. The van der Waals surface area contributed by atoms with E-state index in [2.05, 4.69) is 51.2 Å². The van der Waals surface area contributed by atoms with Crippen LogP contribution in [-0.2, 0) is 6.42 Å². The van der Waals surface area contributed by atoms with Crippen LogP contribution in [0.1, 0.15) is 118 Å². The van der Waals surface area contributed by atoms with Crippen LogP contribution in [0.15, 0.2) is 115 Å². The summed E-state index contributed by atoms with van der Waals surface area (Å²) in [6.45, 7) is 9.99. The van der Waals surface area contributed by atoms with Gasteiger partial charge in [0.1, 0.15) is 0 Å². The molecule has 304 valence electrons. The lowest BCUT2D eigenvalue weighted by molar-refractivity contribution is -0.117. The van der Waals surface area contributed by atoms with E-state index >= 15 is 4.79 Å². The zero-order chi connectivity index (χ0) is 40.7. The summed E-state index contributed by atoms with van der Waals surface area (Å²) in [6, 6.07) is 33.6. The van der Waals surface area contributed by atoms with Gasteiger partial charge in [0, 0.05) is 28.8 Å². The molecule has 6 aliphatic rings. The van der Waals surface area contributed by atoms with Crippen LogP contribution in [0.5, 0.6) is 0 Å². The highest BCUT2D eigenvalue weighted by Gasteiger charge is 2.59. The van der Waals surface area contributed by atoms with Crippen LogP contribution in [-0.4, -0.2) is 51.7 Å². The Morgan fingerprint density at radius 3 is 2.29 bits per heavy atom. The number of amides is 2. The molecule has 10 rings (SSSR count). The van der Waals surface area contributed by atoms with Crippen molar-refractivity contribution < 1.29 is 19.8 Å². The van der Waals surface area contributed by atoms with Gasteiger partial charge >= 0.3 is 6.03 Å². The van der Waals surface area contributed by atoms with Gasteiger partial charge in [0.15, 0.2) is 5.78 Å². The van der Waals surface area contributed by atoms with E-state index in [1.807, 2.05) is 95.9 Å². The molecule has 0 saturated heterocycles. The number of aliphatic hydroxyl groups excluding tert-OH is 1. The first-order chi connectivity index (χ1) is 27.9. The van der Waals surface area contributed by atoms with Gasteiger partial charge in [-0.3, -0.25) is 4.79 Å². The molecule has 0 spiro atoms. The Morgan fingerprint density at radius 2 is 1.55 bits per heavy atom. The molecule has 2 amide bonds. The highest BCUT2D eigenvalue weighted by molar-refractivity contribution is 6.14. The third-order valence-corrected chi connectivity index (χ3v) is 15.4. The lowest BCUT2D eigenvalue weighted by atomic mass is 9.45. The SMILES string of the molecule is CC1=CCCC2(C)C(CCC2(O)CN(CC2CCC3CC2C3(C)C)C(=O)Nc2ccccc2)c2ccc(cc2C(=O)c2ccccc2-c2ccccc2)CC(O)CC1. The molecule has 58 heavy (non-hydrogen) atoms. The zero-order valence-electron chi connectivity index (χ0n) is 34.9. The van der Waals surface area contributed by atoms with Crippen LogP contribution >= 0.6 is 0 Å².